The molecule has 314 valence electrons. The van der Waals surface area contributed by atoms with Gasteiger partial charge in [0.15, 0.2) is 5.60 Å². The molecule has 14 heteroatoms. The fourth-order valence-corrected chi connectivity index (χ4v) is 10.2. The number of aliphatic hydroxyl groups is 2. The standard InChI is InChI=1S/C44H58N4O9S/c1-10-27-28(55-9)15-12-16-43(8)41(45)31-29-30(37(52)25(6)40(31)57-43)38(53)34(33-32(29)47-44(48-33)17-19-58-20-18-44)46-42(54)22(3)14-11-13-21(2)35(50)23(4)36(51)24(5)39(27)56-26(7)49/h11-15,21,23-24,27-28,35-36,39,45,48,50-52H,10,16-20H2,1-9H3,(H,46,54)/b13-11+,15-12+,22-14-,45-41?/t21-,23+,24+,27+,28-,35-,36+,39-,43+/m0/s1. The first kappa shape index (κ1) is 43.3. The molecule has 4 aliphatic heterocycles. The number of methoxy groups -OCH3 is 1. The second-order valence-corrected chi connectivity index (χ2v) is 17.9. The van der Waals surface area contributed by atoms with Crippen LogP contribution in [0, 0.1) is 36.0 Å². The zero-order valence-corrected chi connectivity index (χ0v) is 35.7. The molecule has 1 fully saturated rings. The van der Waals surface area contributed by atoms with Gasteiger partial charge in [0, 0.05) is 60.8 Å². The zero-order valence-electron chi connectivity index (χ0n) is 34.9. The van der Waals surface area contributed by atoms with Gasteiger partial charge in [0.2, 0.25) is 5.78 Å². The number of hydrogen-bond donors (Lipinski definition) is 6. The maximum atomic E-state index is 14.6. The number of thioether (sulfide) groups is 1. The fourth-order valence-electron chi connectivity index (χ4n) is 8.98. The van der Waals surface area contributed by atoms with Crippen molar-refractivity contribution in [2.45, 2.75) is 117 Å². The number of benzene rings is 1. The summed E-state index contributed by atoms with van der Waals surface area (Å²) in [5.74, 6) is -2.09. The molecule has 6 rings (SSSR count). The van der Waals surface area contributed by atoms with Gasteiger partial charge in [-0.15, -0.1) is 0 Å². The van der Waals surface area contributed by atoms with Gasteiger partial charge >= 0.3 is 5.97 Å². The van der Waals surface area contributed by atoms with Gasteiger partial charge in [0.25, 0.3) is 5.91 Å². The Morgan fingerprint density at radius 1 is 1.05 bits per heavy atom. The summed E-state index contributed by atoms with van der Waals surface area (Å²) in [5.41, 5.74) is 0.0305. The number of carbonyl (C=O) groups excluding carboxylic acids is 3. The van der Waals surface area contributed by atoms with Crippen LogP contribution >= 0.6 is 11.8 Å². The molecule has 1 spiro atoms. The van der Waals surface area contributed by atoms with Crippen molar-refractivity contribution in [2.24, 2.45) is 28.7 Å². The Bertz CT molecular complexity index is 2030. The van der Waals surface area contributed by atoms with Gasteiger partial charge in [-0.25, -0.2) is 0 Å². The van der Waals surface area contributed by atoms with Gasteiger partial charge in [0.1, 0.15) is 29.0 Å². The normalized spacial score (nSPS) is 34.6. The zero-order chi connectivity index (χ0) is 42.4. The van der Waals surface area contributed by atoms with Crippen LogP contribution in [0.5, 0.6) is 11.5 Å². The summed E-state index contributed by atoms with van der Waals surface area (Å²) in [6.45, 7) is 13.7. The quantitative estimate of drug-likeness (QED) is 0.168. The Kier molecular flexibility index (Phi) is 12.5. The molecule has 5 aliphatic rings. The lowest BCUT2D eigenvalue weighted by atomic mass is 9.77. The highest BCUT2D eigenvalue weighted by atomic mass is 32.2. The number of ketones is 1. The SMILES string of the molecule is CC[C@H]1[C@@H](OC(C)=O)[C@H](C)[C@H](O)[C@H](C)[C@@H](O)[C@@H](C)/C=C/C=C(/C)C(=O)NC2=C3NC4(CCSCC4)N=C3c3c(c(O)c(C)c4c3C(=N)[C@@](C)(C/C=C/[C@@H]1OC)O4)C2=O. The Balaban J connectivity index is 1.51. The number of phenolic OH excluding ortho intramolecular Hbond substituents is 1. The highest BCUT2D eigenvalue weighted by molar-refractivity contribution is 7.99. The predicted molar refractivity (Wildman–Crippen MR) is 223 cm³/mol. The van der Waals surface area contributed by atoms with E-state index in [0.29, 0.717) is 47.4 Å². The van der Waals surface area contributed by atoms with Crippen LogP contribution in [0.15, 0.2) is 52.3 Å². The topological polar surface area (TPSA) is 200 Å². The number of ether oxygens (including phenoxy) is 3. The van der Waals surface area contributed by atoms with E-state index in [1.54, 1.807) is 66.9 Å². The van der Waals surface area contributed by atoms with Gasteiger partial charge in [-0.1, -0.05) is 58.1 Å². The molecular weight excluding hydrogens is 761 g/mol. The lowest BCUT2D eigenvalue weighted by molar-refractivity contribution is -0.161. The van der Waals surface area contributed by atoms with E-state index < -0.39 is 77.0 Å². The van der Waals surface area contributed by atoms with Gasteiger partial charge in [-0.2, -0.15) is 11.8 Å². The van der Waals surface area contributed by atoms with Crippen molar-refractivity contribution in [3.63, 3.8) is 0 Å². The molecule has 6 N–H and O–H groups in total. The van der Waals surface area contributed by atoms with Crippen LogP contribution in [0.4, 0.5) is 0 Å². The number of allylic oxidation sites excluding steroid dienone is 4. The number of carbonyl (C=O) groups is 3. The summed E-state index contributed by atoms with van der Waals surface area (Å²) < 4.78 is 18.5. The number of esters is 1. The number of Topliss-reactive ketones (excluding diaryl/α,β-unsaturated/α-hetero) is 1. The number of rotatable bonds is 3. The highest BCUT2D eigenvalue weighted by Gasteiger charge is 2.51. The minimum absolute atomic E-state index is 0.0350. The van der Waals surface area contributed by atoms with E-state index in [-0.39, 0.29) is 40.5 Å². The van der Waals surface area contributed by atoms with Crippen molar-refractivity contribution >= 4 is 40.8 Å². The van der Waals surface area contributed by atoms with Crippen LogP contribution in [0.25, 0.3) is 0 Å². The van der Waals surface area contributed by atoms with Gasteiger partial charge in [-0.3, -0.25) is 19.4 Å². The predicted octanol–water partition coefficient (Wildman–Crippen LogP) is 5.42. The summed E-state index contributed by atoms with van der Waals surface area (Å²) in [5, 5.41) is 50.9. The molecule has 1 aromatic carbocycles. The first-order valence-electron chi connectivity index (χ1n) is 20.2. The van der Waals surface area contributed by atoms with E-state index in [1.807, 2.05) is 30.8 Å². The molecule has 1 saturated heterocycles. The maximum Gasteiger partial charge on any atom is 0.302 e. The monoisotopic (exact) mass is 818 g/mol. The minimum atomic E-state index is -1.23. The number of amides is 1. The molecule has 4 bridgehead atoms. The van der Waals surface area contributed by atoms with E-state index in [0.717, 1.165) is 11.5 Å². The van der Waals surface area contributed by atoms with Crippen LogP contribution in [0.2, 0.25) is 0 Å². The largest absolute Gasteiger partial charge is 0.507 e. The lowest BCUT2D eigenvalue weighted by Gasteiger charge is -2.39. The van der Waals surface area contributed by atoms with Crippen molar-refractivity contribution in [1.29, 1.82) is 5.41 Å². The van der Waals surface area contributed by atoms with Crippen LogP contribution in [0.1, 0.15) is 101 Å². The third kappa shape index (κ3) is 7.68. The maximum absolute atomic E-state index is 14.6. The molecule has 0 aromatic heterocycles. The van der Waals surface area contributed by atoms with Crippen molar-refractivity contribution in [1.82, 2.24) is 10.6 Å². The fraction of sp³-hybridized carbons (Fsp3) is 0.568. The van der Waals surface area contributed by atoms with Crippen LogP contribution in [0.3, 0.4) is 0 Å². The van der Waals surface area contributed by atoms with Gasteiger partial charge in [-0.05, 0) is 51.5 Å². The molecule has 58 heavy (non-hydrogen) atoms. The summed E-state index contributed by atoms with van der Waals surface area (Å²) in [7, 11) is 1.56. The van der Waals surface area contributed by atoms with Crippen molar-refractivity contribution in [3.8, 4) is 11.5 Å². The number of nitrogens with one attached hydrogen (secondary N) is 3. The number of fused-ring (bicyclic) bond motifs is 1. The molecule has 1 amide bonds. The van der Waals surface area contributed by atoms with Crippen molar-refractivity contribution in [2.75, 3.05) is 18.6 Å². The van der Waals surface area contributed by atoms with E-state index in [2.05, 4.69) is 10.6 Å². The number of nitrogens with zero attached hydrogens (tertiary/aromatic N) is 1. The van der Waals surface area contributed by atoms with E-state index in [4.69, 9.17) is 19.2 Å². The van der Waals surface area contributed by atoms with E-state index in [9.17, 15) is 35.1 Å². The second kappa shape index (κ2) is 16.8. The molecule has 0 unspecified atom stereocenters. The average Bonchev–Trinajstić information content (AvgIpc) is 3.68. The van der Waals surface area contributed by atoms with Crippen LogP contribution < -0.4 is 15.4 Å². The Hall–Kier alpha value is -4.24. The van der Waals surface area contributed by atoms with E-state index >= 15 is 0 Å². The molecule has 1 aliphatic carbocycles. The van der Waals surface area contributed by atoms with Gasteiger partial charge < -0.3 is 45.6 Å². The number of aliphatic hydroxyl groups excluding tert-OH is 2. The first-order valence-corrected chi connectivity index (χ1v) is 21.4. The molecule has 13 nitrogen and oxygen atoms in total. The number of aliphatic imine (C=N–C) groups is 1. The number of aromatic hydroxyl groups is 1. The van der Waals surface area contributed by atoms with E-state index in [1.165, 1.54) is 6.92 Å². The molecule has 0 saturated carbocycles. The van der Waals surface area contributed by atoms with Crippen molar-refractivity contribution < 1.29 is 43.9 Å². The number of hydrogen-bond acceptors (Lipinski definition) is 13. The third-order valence-corrected chi connectivity index (χ3v) is 13.7. The third-order valence-electron chi connectivity index (χ3n) is 12.7. The molecule has 0 radical (unpaired) electrons. The Morgan fingerprint density at radius 2 is 1.74 bits per heavy atom. The van der Waals surface area contributed by atoms with Crippen molar-refractivity contribution in [3.05, 3.63) is 69.6 Å². The first-order chi connectivity index (χ1) is 27.4. The van der Waals surface area contributed by atoms with Gasteiger partial charge in [0.05, 0.1) is 46.6 Å². The van der Waals surface area contributed by atoms with Crippen LogP contribution in [-0.2, 0) is 19.1 Å². The number of phenols is 1. The molecule has 4 heterocycles. The minimum Gasteiger partial charge on any atom is -0.507 e. The summed E-state index contributed by atoms with van der Waals surface area (Å²) in [6.07, 6.45) is 7.33. The van der Waals surface area contributed by atoms with Crippen LogP contribution in [-0.4, -0.2) is 98.7 Å². The summed E-state index contributed by atoms with van der Waals surface area (Å²) in [4.78, 5) is 46.2. The summed E-state index contributed by atoms with van der Waals surface area (Å²) >= 11 is 1.81. The highest BCUT2D eigenvalue weighted by Crippen LogP contribution is 2.51. The lowest BCUT2D eigenvalue weighted by Crippen LogP contribution is -2.47. The Labute approximate surface area is 345 Å². The second-order valence-electron chi connectivity index (χ2n) is 16.7. The smallest absolute Gasteiger partial charge is 0.302 e. The molecule has 9 atom stereocenters. The Morgan fingerprint density at radius 3 is 2.38 bits per heavy atom. The average molecular weight is 819 g/mol. The summed E-state index contributed by atoms with van der Waals surface area (Å²) in [6, 6.07) is 0. The molecular formula is C44H58N4O9S. The molecule has 1 aromatic rings.